The van der Waals surface area contributed by atoms with E-state index in [1.165, 1.54) is 11.8 Å². The number of benzene rings is 1. The van der Waals surface area contributed by atoms with Crippen LogP contribution in [0.15, 0.2) is 29.4 Å². The van der Waals surface area contributed by atoms with E-state index in [0.717, 1.165) is 5.75 Å². The van der Waals surface area contributed by atoms with Crippen LogP contribution in [0.5, 0.6) is 5.75 Å². The molecule has 0 fully saturated rings. The molecule has 22 heavy (non-hydrogen) atoms. The lowest BCUT2D eigenvalue weighted by Crippen LogP contribution is -2.27. The van der Waals surface area contributed by atoms with Gasteiger partial charge in [-0.3, -0.25) is 9.36 Å². The molecule has 0 saturated heterocycles. The van der Waals surface area contributed by atoms with E-state index in [1.54, 1.807) is 35.9 Å². The molecule has 1 unspecified atom stereocenters. The molecule has 8 heteroatoms. The van der Waals surface area contributed by atoms with Crippen molar-refractivity contribution in [2.75, 3.05) is 24.4 Å². The second kappa shape index (κ2) is 7.17. The van der Waals surface area contributed by atoms with E-state index < -0.39 is 6.04 Å². The summed E-state index contributed by atoms with van der Waals surface area (Å²) in [5.41, 5.74) is 6.54. The van der Waals surface area contributed by atoms with Crippen LogP contribution in [0.25, 0.3) is 0 Å². The summed E-state index contributed by atoms with van der Waals surface area (Å²) in [7, 11) is 1.60. The van der Waals surface area contributed by atoms with Crippen molar-refractivity contribution in [3.05, 3.63) is 24.3 Å². The van der Waals surface area contributed by atoms with Crippen LogP contribution in [-0.4, -0.2) is 34.0 Å². The van der Waals surface area contributed by atoms with E-state index in [0.29, 0.717) is 17.3 Å². The minimum Gasteiger partial charge on any atom is -0.497 e. The fourth-order valence-electron chi connectivity index (χ4n) is 2.11. The maximum Gasteiger partial charge on any atom is 0.247 e. The number of nitrogens with zero attached hydrogens (tertiary/aromatic N) is 3. The van der Waals surface area contributed by atoms with Gasteiger partial charge in [-0.15, -0.1) is 10.2 Å². The van der Waals surface area contributed by atoms with Gasteiger partial charge in [0.25, 0.3) is 0 Å². The predicted octanol–water partition coefficient (Wildman–Crippen LogP) is 2.18. The summed E-state index contributed by atoms with van der Waals surface area (Å²) < 4.78 is 6.75. The molecule has 1 aromatic heterocycles. The molecule has 0 aliphatic carbocycles. The third-order valence-corrected chi connectivity index (χ3v) is 3.88. The Morgan fingerprint density at radius 2 is 2.09 bits per heavy atom. The lowest BCUT2D eigenvalue weighted by molar-refractivity contribution is -0.119. The first-order valence-corrected chi connectivity index (χ1v) is 8.02. The van der Waals surface area contributed by atoms with Crippen LogP contribution in [0.3, 0.4) is 0 Å². The number of carbonyl (C=O) groups excluding carboxylic acids is 1. The summed E-state index contributed by atoms with van der Waals surface area (Å²) in [4.78, 5) is 12.5. The SMILES string of the molecule is CCC(C(=O)Nc1ccc(OC)cc1)n1c(N)nnc1SC. The van der Waals surface area contributed by atoms with Gasteiger partial charge in [0.1, 0.15) is 11.8 Å². The third kappa shape index (κ3) is 3.33. The molecule has 3 N–H and O–H groups in total. The second-order valence-corrected chi connectivity index (χ2v) is 5.33. The standard InChI is InChI=1S/C14H19N5O2S/c1-4-11(19-13(15)17-18-14(19)22-3)12(20)16-9-5-7-10(21-2)8-6-9/h5-8,11H,4H2,1-3H3,(H2,15,17)(H,16,20). The topological polar surface area (TPSA) is 95.1 Å². The smallest absolute Gasteiger partial charge is 0.247 e. The highest BCUT2D eigenvalue weighted by Gasteiger charge is 2.24. The first-order chi connectivity index (χ1) is 10.6. The molecule has 1 atom stereocenters. The average molecular weight is 321 g/mol. The zero-order valence-corrected chi connectivity index (χ0v) is 13.6. The number of hydrogen-bond acceptors (Lipinski definition) is 6. The third-order valence-electron chi connectivity index (χ3n) is 3.23. The number of aromatic nitrogens is 3. The highest BCUT2D eigenvalue weighted by molar-refractivity contribution is 7.98. The molecule has 2 aromatic rings. The van der Waals surface area contributed by atoms with E-state index in [9.17, 15) is 4.79 Å². The van der Waals surface area contributed by atoms with Gasteiger partial charge in [-0.2, -0.15) is 0 Å². The van der Waals surface area contributed by atoms with Crippen molar-refractivity contribution < 1.29 is 9.53 Å². The van der Waals surface area contributed by atoms with Crippen LogP contribution in [0.1, 0.15) is 19.4 Å². The highest BCUT2D eigenvalue weighted by atomic mass is 32.2. The summed E-state index contributed by atoms with van der Waals surface area (Å²) in [5, 5.41) is 11.3. The monoisotopic (exact) mass is 321 g/mol. The van der Waals surface area contributed by atoms with Crippen molar-refractivity contribution in [1.82, 2.24) is 14.8 Å². The van der Waals surface area contributed by atoms with Gasteiger partial charge in [-0.1, -0.05) is 18.7 Å². The Hall–Kier alpha value is -2.22. The Kier molecular flexibility index (Phi) is 5.26. The lowest BCUT2D eigenvalue weighted by Gasteiger charge is -2.18. The van der Waals surface area contributed by atoms with Crippen LogP contribution in [0.2, 0.25) is 0 Å². The minimum absolute atomic E-state index is 0.158. The van der Waals surface area contributed by atoms with E-state index in [1.807, 2.05) is 13.2 Å². The first kappa shape index (κ1) is 16.2. The summed E-state index contributed by atoms with van der Waals surface area (Å²) in [5.74, 6) is 0.813. The number of anilines is 2. The average Bonchev–Trinajstić information content (AvgIpc) is 2.90. The van der Waals surface area contributed by atoms with Crippen molar-refractivity contribution >= 4 is 29.3 Å². The van der Waals surface area contributed by atoms with Gasteiger partial charge in [-0.25, -0.2) is 0 Å². The maximum atomic E-state index is 12.5. The van der Waals surface area contributed by atoms with Gasteiger partial charge < -0.3 is 15.8 Å². The molecule has 0 aliphatic heterocycles. The zero-order valence-electron chi connectivity index (χ0n) is 12.7. The fraction of sp³-hybridized carbons (Fsp3) is 0.357. The number of thioether (sulfide) groups is 1. The van der Waals surface area contributed by atoms with Gasteiger partial charge in [0.15, 0.2) is 5.16 Å². The predicted molar refractivity (Wildman–Crippen MR) is 87.2 cm³/mol. The fourth-order valence-corrected chi connectivity index (χ4v) is 2.65. The van der Waals surface area contributed by atoms with Gasteiger partial charge in [0.05, 0.1) is 7.11 Å². The summed E-state index contributed by atoms with van der Waals surface area (Å²) >= 11 is 1.40. The quantitative estimate of drug-likeness (QED) is 0.792. The summed E-state index contributed by atoms with van der Waals surface area (Å²) in [6.07, 6.45) is 2.45. The molecular weight excluding hydrogens is 302 g/mol. The van der Waals surface area contributed by atoms with Crippen molar-refractivity contribution in [3.8, 4) is 5.75 Å². The van der Waals surface area contributed by atoms with Crippen LogP contribution in [0.4, 0.5) is 11.6 Å². The molecule has 2 rings (SSSR count). The van der Waals surface area contributed by atoms with E-state index in [-0.39, 0.29) is 11.9 Å². The van der Waals surface area contributed by atoms with Crippen molar-refractivity contribution in [3.63, 3.8) is 0 Å². The number of methoxy groups -OCH3 is 1. The Labute approximate surface area is 133 Å². The molecule has 7 nitrogen and oxygen atoms in total. The van der Waals surface area contributed by atoms with Crippen LogP contribution in [0, 0.1) is 0 Å². The van der Waals surface area contributed by atoms with E-state index in [2.05, 4.69) is 15.5 Å². The van der Waals surface area contributed by atoms with Gasteiger partial charge in [-0.05, 0) is 36.9 Å². The first-order valence-electron chi connectivity index (χ1n) is 6.80. The van der Waals surface area contributed by atoms with Crippen molar-refractivity contribution in [1.29, 1.82) is 0 Å². The van der Waals surface area contributed by atoms with Crippen LogP contribution >= 0.6 is 11.8 Å². The number of rotatable bonds is 6. The Morgan fingerprint density at radius 1 is 1.41 bits per heavy atom. The van der Waals surface area contributed by atoms with Gasteiger partial charge in [0, 0.05) is 5.69 Å². The summed E-state index contributed by atoms with van der Waals surface area (Å²) in [6.45, 7) is 1.92. The van der Waals surface area contributed by atoms with E-state index >= 15 is 0 Å². The molecule has 118 valence electrons. The Bertz CT molecular complexity index is 641. The van der Waals surface area contributed by atoms with E-state index in [4.69, 9.17) is 10.5 Å². The lowest BCUT2D eigenvalue weighted by atomic mass is 10.2. The number of amides is 1. The molecule has 0 saturated carbocycles. The number of nitrogen functional groups attached to an aromatic ring is 1. The number of nitrogens with one attached hydrogen (secondary N) is 1. The van der Waals surface area contributed by atoms with Crippen molar-refractivity contribution in [2.45, 2.75) is 24.5 Å². The molecule has 0 radical (unpaired) electrons. The molecule has 0 aliphatic rings. The number of hydrogen-bond donors (Lipinski definition) is 2. The van der Waals surface area contributed by atoms with Gasteiger partial charge >= 0.3 is 0 Å². The normalized spacial score (nSPS) is 12.0. The van der Waals surface area contributed by atoms with Gasteiger partial charge in [0.2, 0.25) is 11.9 Å². The highest BCUT2D eigenvalue weighted by Crippen LogP contribution is 2.25. The molecule has 1 amide bonds. The Morgan fingerprint density at radius 3 is 2.64 bits per heavy atom. The second-order valence-electron chi connectivity index (χ2n) is 4.56. The maximum absolute atomic E-state index is 12.5. The minimum atomic E-state index is -0.459. The molecule has 0 spiro atoms. The largest absolute Gasteiger partial charge is 0.497 e. The van der Waals surface area contributed by atoms with Crippen molar-refractivity contribution in [2.24, 2.45) is 0 Å². The Balaban J connectivity index is 2.19. The molecular formula is C14H19N5O2S. The van der Waals surface area contributed by atoms with Crippen LogP contribution in [-0.2, 0) is 4.79 Å². The van der Waals surface area contributed by atoms with Crippen LogP contribution < -0.4 is 15.8 Å². The zero-order chi connectivity index (χ0) is 16.1. The summed E-state index contributed by atoms with van der Waals surface area (Å²) in [6, 6.07) is 6.69. The molecule has 0 bridgehead atoms. The number of nitrogens with two attached hydrogens (primary N) is 1. The number of carbonyl (C=O) groups is 1. The number of ether oxygens (including phenoxy) is 1. The molecule has 1 heterocycles. The molecule has 1 aromatic carbocycles.